The molecule has 0 aliphatic rings. The topological polar surface area (TPSA) is 103 Å². The van der Waals surface area contributed by atoms with Crippen molar-refractivity contribution in [2.24, 2.45) is 10.2 Å². The van der Waals surface area contributed by atoms with Crippen LogP contribution in [0.5, 0.6) is 5.75 Å². The van der Waals surface area contributed by atoms with Gasteiger partial charge in [-0.25, -0.2) is 8.42 Å². The summed E-state index contributed by atoms with van der Waals surface area (Å²) in [6.45, 7) is 1.68. The highest BCUT2D eigenvalue weighted by Gasteiger charge is 2.11. The van der Waals surface area contributed by atoms with Gasteiger partial charge in [0, 0.05) is 10.7 Å². The zero-order chi connectivity index (χ0) is 16.3. The first-order valence-electron chi connectivity index (χ1n) is 6.01. The van der Waals surface area contributed by atoms with E-state index < -0.39 is 9.05 Å². The van der Waals surface area contributed by atoms with Gasteiger partial charge in [0.1, 0.15) is 11.8 Å². The molecule has 0 radical (unpaired) electrons. The largest absolute Gasteiger partial charge is 0.507 e. The summed E-state index contributed by atoms with van der Waals surface area (Å²) in [4.78, 5) is -0.0120. The molecule has 8 heteroatoms. The molecule has 0 amide bonds. The molecule has 0 atom stereocenters. The highest BCUT2D eigenvalue weighted by molar-refractivity contribution is 8.13. The number of rotatable bonds is 3. The summed E-state index contributed by atoms with van der Waals surface area (Å²) in [6, 6.07) is 10.3. The smallest absolute Gasteiger partial charge is 0.261 e. The van der Waals surface area contributed by atoms with Crippen molar-refractivity contribution in [1.82, 2.24) is 0 Å². The summed E-state index contributed by atoms with van der Waals surface area (Å²) < 4.78 is 22.5. The molecule has 0 aliphatic heterocycles. The molecule has 0 saturated carbocycles. The minimum absolute atomic E-state index is 0.0120. The fourth-order valence-corrected chi connectivity index (χ4v) is 2.52. The van der Waals surface area contributed by atoms with Crippen LogP contribution < -0.4 is 0 Å². The van der Waals surface area contributed by atoms with E-state index in [-0.39, 0.29) is 16.2 Å². The van der Waals surface area contributed by atoms with Crippen molar-refractivity contribution in [1.29, 1.82) is 5.26 Å². The lowest BCUT2D eigenvalue weighted by Crippen LogP contribution is -1.90. The summed E-state index contributed by atoms with van der Waals surface area (Å²) in [7, 11) is 1.48. The molecule has 0 unspecified atom stereocenters. The third-order valence-corrected chi connectivity index (χ3v) is 4.18. The molecular formula is C14H10ClN3O3S. The van der Waals surface area contributed by atoms with Crippen LogP contribution in [-0.2, 0) is 9.05 Å². The number of hydrogen-bond acceptors (Lipinski definition) is 6. The SMILES string of the molecule is Cc1cc(S(=O)(=O)Cl)ccc1N=Nc1ccc(O)c(C#N)c1. The third kappa shape index (κ3) is 3.61. The van der Waals surface area contributed by atoms with E-state index >= 15 is 0 Å². The van der Waals surface area contributed by atoms with Gasteiger partial charge >= 0.3 is 0 Å². The quantitative estimate of drug-likeness (QED) is 0.678. The van der Waals surface area contributed by atoms with Gasteiger partial charge in [0.15, 0.2) is 0 Å². The van der Waals surface area contributed by atoms with Gasteiger partial charge in [-0.05, 0) is 48.9 Å². The van der Waals surface area contributed by atoms with Crippen molar-refractivity contribution in [2.45, 2.75) is 11.8 Å². The predicted molar refractivity (Wildman–Crippen MR) is 81.2 cm³/mol. The number of nitrogens with zero attached hydrogens (tertiary/aromatic N) is 3. The van der Waals surface area contributed by atoms with Gasteiger partial charge in [0.05, 0.1) is 21.8 Å². The van der Waals surface area contributed by atoms with E-state index in [9.17, 15) is 13.5 Å². The van der Waals surface area contributed by atoms with Crippen molar-refractivity contribution < 1.29 is 13.5 Å². The number of azo groups is 1. The van der Waals surface area contributed by atoms with Gasteiger partial charge in [0.25, 0.3) is 9.05 Å². The van der Waals surface area contributed by atoms with Crippen molar-refractivity contribution in [3.8, 4) is 11.8 Å². The highest BCUT2D eigenvalue weighted by atomic mass is 35.7. The highest BCUT2D eigenvalue weighted by Crippen LogP contribution is 2.27. The second kappa shape index (κ2) is 6.13. The molecule has 0 fully saturated rings. The summed E-state index contributed by atoms with van der Waals surface area (Å²) in [5.41, 5.74) is 1.54. The summed E-state index contributed by atoms with van der Waals surface area (Å²) in [5, 5.41) is 26.2. The maximum absolute atomic E-state index is 11.2. The first-order chi connectivity index (χ1) is 10.3. The van der Waals surface area contributed by atoms with Gasteiger partial charge < -0.3 is 5.11 Å². The molecule has 0 aromatic heterocycles. The lowest BCUT2D eigenvalue weighted by atomic mass is 10.2. The second-order valence-electron chi connectivity index (χ2n) is 4.40. The normalized spacial score (nSPS) is 11.5. The molecular weight excluding hydrogens is 326 g/mol. The Morgan fingerprint density at radius 1 is 1.18 bits per heavy atom. The van der Waals surface area contributed by atoms with E-state index in [4.69, 9.17) is 15.9 Å². The maximum Gasteiger partial charge on any atom is 0.261 e. The van der Waals surface area contributed by atoms with Crippen LogP contribution >= 0.6 is 10.7 Å². The average Bonchev–Trinajstić information content (AvgIpc) is 2.46. The van der Waals surface area contributed by atoms with Gasteiger partial charge in [-0.1, -0.05) is 0 Å². The van der Waals surface area contributed by atoms with Gasteiger partial charge in [-0.3, -0.25) is 0 Å². The van der Waals surface area contributed by atoms with E-state index in [0.29, 0.717) is 16.9 Å². The average molecular weight is 336 g/mol. The van der Waals surface area contributed by atoms with Crippen LogP contribution in [0.3, 0.4) is 0 Å². The minimum Gasteiger partial charge on any atom is -0.507 e. The molecule has 0 bridgehead atoms. The fourth-order valence-electron chi connectivity index (χ4n) is 1.68. The Bertz CT molecular complexity index is 902. The number of benzene rings is 2. The molecule has 112 valence electrons. The molecule has 1 N–H and O–H groups in total. The van der Waals surface area contributed by atoms with Crippen molar-refractivity contribution in [3.05, 3.63) is 47.5 Å². The molecule has 0 aliphatic carbocycles. The van der Waals surface area contributed by atoms with E-state index in [1.807, 2.05) is 6.07 Å². The van der Waals surface area contributed by atoms with Crippen LogP contribution in [0.2, 0.25) is 0 Å². The monoisotopic (exact) mass is 335 g/mol. The van der Waals surface area contributed by atoms with Gasteiger partial charge in [0.2, 0.25) is 0 Å². The second-order valence-corrected chi connectivity index (χ2v) is 6.97. The number of nitriles is 1. The molecule has 0 saturated heterocycles. The number of phenols is 1. The zero-order valence-electron chi connectivity index (χ0n) is 11.4. The van der Waals surface area contributed by atoms with Crippen molar-refractivity contribution in [2.75, 3.05) is 0 Å². The van der Waals surface area contributed by atoms with Crippen LogP contribution in [0.25, 0.3) is 0 Å². The van der Waals surface area contributed by atoms with E-state index in [1.54, 1.807) is 6.92 Å². The third-order valence-electron chi connectivity index (χ3n) is 2.82. The Labute approximate surface area is 131 Å². The Balaban J connectivity index is 2.33. The minimum atomic E-state index is -3.79. The molecule has 6 nitrogen and oxygen atoms in total. The first-order valence-corrected chi connectivity index (χ1v) is 8.32. The Morgan fingerprint density at radius 2 is 1.91 bits per heavy atom. The van der Waals surface area contributed by atoms with Crippen LogP contribution in [0.15, 0.2) is 51.5 Å². The maximum atomic E-state index is 11.2. The summed E-state index contributed by atoms with van der Waals surface area (Å²) in [5.74, 6) is -0.130. The van der Waals surface area contributed by atoms with Crippen LogP contribution in [0.1, 0.15) is 11.1 Å². The molecule has 2 rings (SSSR count). The Morgan fingerprint density at radius 3 is 2.50 bits per heavy atom. The molecule has 0 heterocycles. The first kappa shape index (κ1) is 15.9. The van der Waals surface area contributed by atoms with Crippen LogP contribution in [0.4, 0.5) is 11.4 Å². The number of hydrogen-bond donors (Lipinski definition) is 1. The lowest BCUT2D eigenvalue weighted by molar-refractivity contribution is 0.473. The van der Waals surface area contributed by atoms with Crippen molar-refractivity contribution >= 4 is 31.1 Å². The van der Waals surface area contributed by atoms with Crippen LogP contribution in [-0.4, -0.2) is 13.5 Å². The fraction of sp³-hybridized carbons (Fsp3) is 0.0714. The Hall–Kier alpha value is -2.43. The van der Waals surface area contributed by atoms with Crippen LogP contribution in [0, 0.1) is 18.3 Å². The zero-order valence-corrected chi connectivity index (χ0v) is 12.9. The Kier molecular flexibility index (Phi) is 4.45. The van der Waals surface area contributed by atoms with Gasteiger partial charge in [-0.15, -0.1) is 0 Å². The van der Waals surface area contributed by atoms with E-state index in [1.165, 1.54) is 36.4 Å². The summed E-state index contributed by atoms with van der Waals surface area (Å²) in [6.07, 6.45) is 0. The predicted octanol–water partition coefficient (Wildman–Crippen LogP) is 3.92. The van der Waals surface area contributed by atoms with Crippen molar-refractivity contribution in [3.63, 3.8) is 0 Å². The standard InChI is InChI=1S/C14H10ClN3O3S/c1-9-6-12(22(15,20)21)3-4-13(9)18-17-11-2-5-14(19)10(7-11)8-16/h2-7,19H,1H3. The number of aromatic hydroxyl groups is 1. The molecule has 22 heavy (non-hydrogen) atoms. The van der Waals surface area contributed by atoms with E-state index in [0.717, 1.165) is 0 Å². The molecule has 2 aromatic carbocycles. The van der Waals surface area contributed by atoms with Gasteiger partial charge in [-0.2, -0.15) is 15.5 Å². The number of halogens is 1. The molecule has 2 aromatic rings. The van der Waals surface area contributed by atoms with E-state index in [2.05, 4.69) is 10.2 Å². The number of phenolic OH excluding ortho intramolecular Hbond substituents is 1. The molecule has 0 spiro atoms. The summed E-state index contributed by atoms with van der Waals surface area (Å²) >= 11 is 0. The number of aryl methyl sites for hydroxylation is 1. The lowest BCUT2D eigenvalue weighted by Gasteiger charge is -2.02.